The van der Waals surface area contributed by atoms with E-state index in [9.17, 15) is 0 Å². The molecule has 1 aromatic carbocycles. The van der Waals surface area contributed by atoms with Gasteiger partial charge in [-0.2, -0.15) is 0 Å². The van der Waals surface area contributed by atoms with Gasteiger partial charge < -0.3 is 0 Å². The molecule has 0 atom stereocenters. The van der Waals surface area contributed by atoms with Gasteiger partial charge in [-0.1, -0.05) is 30.3 Å². The van der Waals surface area contributed by atoms with Crippen molar-refractivity contribution in [3.05, 3.63) is 71.1 Å². The molecule has 1 heterocycles. The fourth-order valence-electron chi connectivity index (χ4n) is 2.47. The summed E-state index contributed by atoms with van der Waals surface area (Å²) in [7, 11) is 0. The van der Waals surface area contributed by atoms with Crippen molar-refractivity contribution < 1.29 is 0 Å². The summed E-state index contributed by atoms with van der Waals surface area (Å²) in [6, 6.07) is 13.0. The average molecular weight is 221 g/mol. The zero-order valence-corrected chi connectivity index (χ0v) is 9.98. The highest BCUT2D eigenvalue weighted by Crippen LogP contribution is 2.31. The Morgan fingerprint density at radius 2 is 2.00 bits per heavy atom. The molecular weight excluding hydrogens is 206 g/mol. The fraction of sp³-hybridized carbons (Fsp3) is 0.188. The zero-order chi connectivity index (χ0) is 11.7. The van der Waals surface area contributed by atoms with Crippen molar-refractivity contribution in [2.24, 2.45) is 0 Å². The van der Waals surface area contributed by atoms with E-state index in [1.54, 1.807) is 0 Å². The molecule has 0 bridgehead atoms. The third-order valence-electron chi connectivity index (χ3n) is 3.28. The molecule has 1 aromatic heterocycles. The van der Waals surface area contributed by atoms with Gasteiger partial charge in [0.2, 0.25) is 0 Å². The first-order chi connectivity index (χ1) is 8.34. The van der Waals surface area contributed by atoms with Gasteiger partial charge in [0.15, 0.2) is 0 Å². The summed E-state index contributed by atoms with van der Waals surface area (Å²) >= 11 is 0. The summed E-state index contributed by atoms with van der Waals surface area (Å²) in [5, 5.41) is 0. The van der Waals surface area contributed by atoms with Crippen LogP contribution in [0.15, 0.2) is 48.7 Å². The first kappa shape index (κ1) is 10.3. The van der Waals surface area contributed by atoms with E-state index in [0.717, 1.165) is 18.5 Å². The number of aryl methyl sites for hydroxylation is 2. The van der Waals surface area contributed by atoms with Crippen molar-refractivity contribution in [1.82, 2.24) is 4.98 Å². The van der Waals surface area contributed by atoms with Crippen LogP contribution in [-0.2, 0) is 6.42 Å². The fourth-order valence-corrected chi connectivity index (χ4v) is 2.47. The van der Waals surface area contributed by atoms with Gasteiger partial charge in [0.25, 0.3) is 0 Å². The first-order valence-electron chi connectivity index (χ1n) is 6.06. The molecule has 0 N–H and O–H groups in total. The van der Waals surface area contributed by atoms with Crippen LogP contribution in [-0.4, -0.2) is 4.98 Å². The second kappa shape index (κ2) is 4.17. The number of hydrogen-bond donors (Lipinski definition) is 0. The second-order valence-corrected chi connectivity index (χ2v) is 4.50. The molecule has 0 saturated heterocycles. The minimum atomic E-state index is 1.08. The molecule has 0 aliphatic heterocycles. The molecule has 84 valence electrons. The van der Waals surface area contributed by atoms with E-state index in [1.165, 1.54) is 22.3 Å². The van der Waals surface area contributed by atoms with Gasteiger partial charge in [0, 0.05) is 11.9 Å². The van der Waals surface area contributed by atoms with E-state index in [-0.39, 0.29) is 0 Å². The minimum Gasteiger partial charge on any atom is -0.262 e. The maximum atomic E-state index is 4.26. The molecule has 1 nitrogen and oxygen atoms in total. The lowest BCUT2D eigenvalue weighted by Crippen LogP contribution is -2.01. The number of rotatable bonds is 1. The quantitative estimate of drug-likeness (QED) is 0.714. The number of pyridine rings is 1. The van der Waals surface area contributed by atoms with Crippen LogP contribution in [0.1, 0.15) is 28.8 Å². The van der Waals surface area contributed by atoms with E-state index in [2.05, 4.69) is 47.5 Å². The van der Waals surface area contributed by atoms with E-state index in [1.807, 2.05) is 13.1 Å². The summed E-state index contributed by atoms with van der Waals surface area (Å²) in [4.78, 5) is 4.26. The molecule has 0 saturated carbocycles. The van der Waals surface area contributed by atoms with Crippen LogP contribution < -0.4 is 0 Å². The zero-order valence-electron chi connectivity index (χ0n) is 9.98. The van der Waals surface area contributed by atoms with Gasteiger partial charge in [-0.3, -0.25) is 4.98 Å². The topological polar surface area (TPSA) is 12.9 Å². The lowest BCUT2D eigenvalue weighted by atomic mass is 9.87. The van der Waals surface area contributed by atoms with Gasteiger partial charge in [-0.25, -0.2) is 0 Å². The van der Waals surface area contributed by atoms with Crippen LogP contribution >= 0.6 is 0 Å². The van der Waals surface area contributed by atoms with Crippen molar-refractivity contribution in [3.8, 4) is 0 Å². The van der Waals surface area contributed by atoms with E-state index < -0.39 is 0 Å². The minimum absolute atomic E-state index is 1.08. The highest BCUT2D eigenvalue weighted by Gasteiger charge is 2.13. The van der Waals surface area contributed by atoms with Crippen molar-refractivity contribution >= 4 is 5.57 Å². The second-order valence-electron chi connectivity index (χ2n) is 4.50. The van der Waals surface area contributed by atoms with Crippen LogP contribution in [0.5, 0.6) is 0 Å². The Morgan fingerprint density at radius 1 is 1.12 bits per heavy atom. The van der Waals surface area contributed by atoms with E-state index in [0.29, 0.717) is 0 Å². The SMILES string of the molecule is Cc1cc(C2=CCCc3ccccc32)ccn1. The summed E-state index contributed by atoms with van der Waals surface area (Å²) in [5.41, 5.74) is 6.55. The standard InChI is InChI=1S/C16H15N/c1-12-11-14(9-10-17-12)16-8-4-6-13-5-2-3-7-15(13)16/h2-3,5,7-11H,4,6H2,1H3. The Bertz CT molecular complexity index is 582. The summed E-state index contributed by atoms with van der Waals surface area (Å²) in [6.07, 6.45) is 6.53. The Hall–Kier alpha value is -1.89. The molecule has 0 radical (unpaired) electrons. The molecule has 17 heavy (non-hydrogen) atoms. The summed E-state index contributed by atoms with van der Waals surface area (Å²) in [5.74, 6) is 0. The molecule has 2 aromatic rings. The highest BCUT2D eigenvalue weighted by atomic mass is 14.6. The lowest BCUT2D eigenvalue weighted by molar-refractivity contribution is 0.977. The molecule has 1 aliphatic carbocycles. The Balaban J connectivity index is 2.13. The molecule has 0 fully saturated rings. The van der Waals surface area contributed by atoms with Crippen LogP contribution in [0.3, 0.4) is 0 Å². The number of benzene rings is 1. The number of fused-ring (bicyclic) bond motifs is 1. The van der Waals surface area contributed by atoms with Crippen LogP contribution in [0.2, 0.25) is 0 Å². The molecule has 1 aliphatic rings. The maximum absolute atomic E-state index is 4.26. The van der Waals surface area contributed by atoms with E-state index in [4.69, 9.17) is 0 Å². The normalized spacial score (nSPS) is 14.1. The number of allylic oxidation sites excluding steroid dienone is 1. The summed E-state index contributed by atoms with van der Waals surface area (Å²) in [6.45, 7) is 2.04. The monoisotopic (exact) mass is 221 g/mol. The smallest absolute Gasteiger partial charge is 0.0378 e. The van der Waals surface area contributed by atoms with Gasteiger partial charge >= 0.3 is 0 Å². The molecule has 1 heteroatoms. The van der Waals surface area contributed by atoms with E-state index >= 15 is 0 Å². The predicted molar refractivity (Wildman–Crippen MR) is 70.8 cm³/mol. The predicted octanol–water partition coefficient (Wildman–Crippen LogP) is 3.77. The Kier molecular flexibility index (Phi) is 2.52. The van der Waals surface area contributed by atoms with Gasteiger partial charge in [-0.15, -0.1) is 0 Å². The number of hydrogen-bond acceptors (Lipinski definition) is 1. The maximum Gasteiger partial charge on any atom is 0.0378 e. The lowest BCUT2D eigenvalue weighted by Gasteiger charge is -2.18. The van der Waals surface area contributed by atoms with Crippen LogP contribution in [0.25, 0.3) is 5.57 Å². The third kappa shape index (κ3) is 1.89. The van der Waals surface area contributed by atoms with Crippen LogP contribution in [0.4, 0.5) is 0 Å². The van der Waals surface area contributed by atoms with Crippen molar-refractivity contribution in [1.29, 1.82) is 0 Å². The van der Waals surface area contributed by atoms with Crippen molar-refractivity contribution in [2.75, 3.05) is 0 Å². The van der Waals surface area contributed by atoms with Gasteiger partial charge in [-0.05, 0) is 54.2 Å². The Labute approximate surface area is 102 Å². The number of aromatic nitrogens is 1. The molecule has 0 amide bonds. The first-order valence-corrected chi connectivity index (χ1v) is 6.06. The molecular formula is C16H15N. The largest absolute Gasteiger partial charge is 0.262 e. The third-order valence-corrected chi connectivity index (χ3v) is 3.28. The highest BCUT2D eigenvalue weighted by molar-refractivity contribution is 5.82. The van der Waals surface area contributed by atoms with Crippen molar-refractivity contribution in [2.45, 2.75) is 19.8 Å². The molecule has 3 rings (SSSR count). The van der Waals surface area contributed by atoms with Gasteiger partial charge in [0.1, 0.15) is 0 Å². The molecule has 0 spiro atoms. The average Bonchev–Trinajstić information content (AvgIpc) is 2.38. The van der Waals surface area contributed by atoms with Crippen LogP contribution in [0, 0.1) is 6.92 Å². The Morgan fingerprint density at radius 3 is 2.88 bits per heavy atom. The van der Waals surface area contributed by atoms with Crippen molar-refractivity contribution in [3.63, 3.8) is 0 Å². The summed E-state index contributed by atoms with van der Waals surface area (Å²) < 4.78 is 0. The van der Waals surface area contributed by atoms with Gasteiger partial charge in [0.05, 0.1) is 0 Å². The molecule has 0 unspecified atom stereocenters. The number of nitrogens with zero attached hydrogens (tertiary/aromatic N) is 1.